The summed E-state index contributed by atoms with van der Waals surface area (Å²) in [7, 11) is 1.62. The zero-order valence-electron chi connectivity index (χ0n) is 11.5. The molecule has 0 aromatic heterocycles. The number of hydrogen-bond donors (Lipinski definition) is 0. The average Bonchev–Trinajstić information content (AvgIpc) is 2.52. The van der Waals surface area contributed by atoms with Crippen LogP contribution in [0.25, 0.3) is 0 Å². The van der Waals surface area contributed by atoms with Crippen LogP contribution in [0.2, 0.25) is 0 Å². The van der Waals surface area contributed by atoms with Crippen molar-refractivity contribution in [2.45, 2.75) is 9.65 Å². The molecule has 2 rings (SSSR count). The van der Waals surface area contributed by atoms with Gasteiger partial charge in [0.15, 0.2) is 5.78 Å². The van der Waals surface area contributed by atoms with Crippen molar-refractivity contribution in [1.82, 2.24) is 0 Å². The van der Waals surface area contributed by atoms with E-state index in [-0.39, 0.29) is 10.6 Å². The van der Waals surface area contributed by atoms with Crippen molar-refractivity contribution in [3.63, 3.8) is 0 Å². The quantitative estimate of drug-likeness (QED) is 0.320. The highest BCUT2D eigenvalue weighted by atomic mass is 79.9. The number of halogens is 4. The second kappa shape index (κ2) is 8.08. The third kappa shape index (κ3) is 4.22. The van der Waals surface area contributed by atoms with Crippen molar-refractivity contribution >= 4 is 69.5 Å². The van der Waals surface area contributed by atoms with Crippen LogP contribution in [0.3, 0.4) is 0 Å². The van der Waals surface area contributed by atoms with Gasteiger partial charge in [-0.15, -0.1) is 0 Å². The van der Waals surface area contributed by atoms with Crippen molar-refractivity contribution < 1.29 is 9.53 Å². The number of ether oxygens (including phenoxy) is 1. The highest BCUT2D eigenvalue weighted by Crippen LogP contribution is 2.39. The Labute approximate surface area is 163 Å². The molecule has 0 aliphatic heterocycles. The molecule has 0 amide bonds. The first kappa shape index (κ1) is 18.2. The molecule has 2 atom stereocenters. The van der Waals surface area contributed by atoms with Crippen molar-refractivity contribution in [3.8, 4) is 5.75 Å². The van der Waals surface area contributed by atoms with E-state index in [0.29, 0.717) is 5.56 Å². The smallest absolute Gasteiger partial charge is 0.177 e. The van der Waals surface area contributed by atoms with Gasteiger partial charge in [-0.25, -0.2) is 0 Å². The molecule has 0 spiro atoms. The Hall–Kier alpha value is -0.170. The Morgan fingerprint density at radius 3 is 2.36 bits per heavy atom. The van der Waals surface area contributed by atoms with Crippen LogP contribution in [0.4, 0.5) is 0 Å². The summed E-state index contributed by atoms with van der Waals surface area (Å²) in [6.45, 7) is 0. The molecule has 0 saturated carbocycles. The summed E-state index contributed by atoms with van der Waals surface area (Å²) in [4.78, 5) is 12.0. The second-order valence-corrected chi connectivity index (χ2v) is 8.37. The summed E-state index contributed by atoms with van der Waals surface area (Å²) in [6, 6.07) is 13.1. The van der Waals surface area contributed by atoms with Gasteiger partial charge in [-0.2, -0.15) is 0 Å². The number of ketones is 1. The van der Waals surface area contributed by atoms with E-state index in [1.54, 1.807) is 13.2 Å². The van der Waals surface area contributed by atoms with Gasteiger partial charge in [0, 0.05) is 20.1 Å². The normalized spacial score (nSPS) is 13.5. The summed E-state index contributed by atoms with van der Waals surface area (Å²) in [6.07, 6.45) is 0. The lowest BCUT2D eigenvalue weighted by Gasteiger charge is -2.19. The summed E-state index contributed by atoms with van der Waals surface area (Å²) >= 11 is 14.0. The predicted molar refractivity (Wildman–Crippen MR) is 104 cm³/mol. The molecule has 0 aliphatic carbocycles. The summed E-state index contributed by atoms with van der Waals surface area (Å²) in [5, 5.41) is 0. The fraction of sp³-hybridized carbons (Fsp3) is 0.188. The van der Waals surface area contributed by atoms with Crippen LogP contribution in [-0.2, 0) is 0 Å². The molecule has 2 nitrogen and oxygen atoms in total. The zero-order valence-corrected chi connectivity index (χ0v) is 17.9. The number of hydrogen-bond acceptors (Lipinski definition) is 2. The van der Waals surface area contributed by atoms with E-state index >= 15 is 0 Å². The van der Waals surface area contributed by atoms with E-state index in [9.17, 15) is 4.79 Å². The van der Waals surface area contributed by atoms with Crippen molar-refractivity contribution in [2.75, 3.05) is 7.11 Å². The van der Waals surface area contributed by atoms with Gasteiger partial charge >= 0.3 is 0 Å². The number of alkyl halides is 2. The molecule has 2 unspecified atom stereocenters. The molecule has 0 fully saturated rings. The summed E-state index contributed by atoms with van der Waals surface area (Å²) in [5.74, 6) is 0.738. The van der Waals surface area contributed by atoms with Gasteiger partial charge < -0.3 is 4.74 Å². The van der Waals surface area contributed by atoms with Crippen molar-refractivity contribution in [3.05, 3.63) is 62.5 Å². The average molecular weight is 556 g/mol. The molecule has 0 bridgehead atoms. The minimum Gasteiger partial charge on any atom is -0.496 e. The molecule has 0 saturated heterocycles. The topological polar surface area (TPSA) is 26.3 Å². The van der Waals surface area contributed by atoms with E-state index in [1.807, 2.05) is 36.4 Å². The monoisotopic (exact) mass is 552 g/mol. The lowest BCUT2D eigenvalue weighted by Crippen LogP contribution is -2.19. The van der Waals surface area contributed by atoms with E-state index < -0.39 is 4.83 Å². The minimum atomic E-state index is -0.412. The first-order valence-corrected chi connectivity index (χ1v) is 9.77. The molecule has 0 aliphatic rings. The first-order chi connectivity index (χ1) is 10.4. The van der Waals surface area contributed by atoms with Gasteiger partial charge in [0.2, 0.25) is 0 Å². The third-order valence-electron chi connectivity index (χ3n) is 3.11. The van der Waals surface area contributed by atoms with Gasteiger partial charge in [-0.3, -0.25) is 4.79 Å². The molecule has 116 valence electrons. The molecule has 0 radical (unpaired) electrons. The lowest BCUT2D eigenvalue weighted by atomic mass is 10.0. The number of methoxy groups -OCH3 is 1. The summed E-state index contributed by atoms with van der Waals surface area (Å²) < 4.78 is 7.20. The lowest BCUT2D eigenvalue weighted by molar-refractivity contribution is 0.0990. The number of carbonyl (C=O) groups is 1. The fourth-order valence-corrected chi connectivity index (χ4v) is 3.94. The van der Waals surface area contributed by atoms with E-state index in [0.717, 1.165) is 20.3 Å². The molecule has 22 heavy (non-hydrogen) atoms. The zero-order chi connectivity index (χ0) is 16.3. The molecular weight excluding hydrogens is 544 g/mol. The van der Waals surface area contributed by atoms with Crippen molar-refractivity contribution in [1.29, 1.82) is 0 Å². The van der Waals surface area contributed by atoms with Gasteiger partial charge in [-0.1, -0.05) is 75.9 Å². The SMILES string of the molecule is COc1ccc(Br)cc1C(Br)C(Br)C(=O)c1cccc(Br)c1. The Morgan fingerprint density at radius 1 is 1.05 bits per heavy atom. The Morgan fingerprint density at radius 2 is 1.73 bits per heavy atom. The van der Waals surface area contributed by atoms with Crippen LogP contribution in [0, 0.1) is 0 Å². The van der Waals surface area contributed by atoms with Gasteiger partial charge in [-0.05, 0) is 30.3 Å². The van der Waals surface area contributed by atoms with Crippen LogP contribution < -0.4 is 4.74 Å². The van der Waals surface area contributed by atoms with Crippen LogP contribution >= 0.6 is 63.7 Å². The Bertz CT molecular complexity index is 688. The Balaban J connectivity index is 2.31. The highest BCUT2D eigenvalue weighted by molar-refractivity contribution is 9.12. The van der Waals surface area contributed by atoms with Gasteiger partial charge in [0.25, 0.3) is 0 Å². The Kier molecular flexibility index (Phi) is 6.68. The molecule has 2 aromatic rings. The van der Waals surface area contributed by atoms with E-state index in [1.165, 1.54) is 0 Å². The number of benzene rings is 2. The van der Waals surface area contributed by atoms with Gasteiger partial charge in [0.05, 0.1) is 16.8 Å². The van der Waals surface area contributed by atoms with Crippen LogP contribution in [0.5, 0.6) is 5.75 Å². The number of carbonyl (C=O) groups excluding carboxylic acids is 1. The fourth-order valence-electron chi connectivity index (χ4n) is 2.01. The largest absolute Gasteiger partial charge is 0.496 e. The molecular formula is C16H12Br4O2. The number of Topliss-reactive ketones (excluding diaryl/α,β-unsaturated/α-hetero) is 1. The van der Waals surface area contributed by atoms with Crippen LogP contribution in [0.1, 0.15) is 20.7 Å². The molecule has 2 aromatic carbocycles. The molecule has 6 heteroatoms. The second-order valence-electron chi connectivity index (χ2n) is 4.56. The summed E-state index contributed by atoms with van der Waals surface area (Å²) in [5.41, 5.74) is 1.55. The standard InChI is InChI=1S/C16H12Br4O2/c1-22-13-6-5-11(18)8-12(13)14(19)15(20)16(21)9-3-2-4-10(17)7-9/h2-8,14-15H,1H3. The van der Waals surface area contributed by atoms with Crippen LogP contribution in [0.15, 0.2) is 51.4 Å². The maximum Gasteiger partial charge on any atom is 0.177 e. The van der Waals surface area contributed by atoms with Crippen molar-refractivity contribution in [2.24, 2.45) is 0 Å². The van der Waals surface area contributed by atoms with Gasteiger partial charge in [0.1, 0.15) is 5.75 Å². The highest BCUT2D eigenvalue weighted by Gasteiger charge is 2.28. The van der Waals surface area contributed by atoms with Crippen LogP contribution in [-0.4, -0.2) is 17.7 Å². The number of rotatable bonds is 5. The molecule has 0 N–H and O–H groups in total. The van der Waals surface area contributed by atoms with E-state index in [2.05, 4.69) is 63.7 Å². The molecule has 0 heterocycles. The minimum absolute atomic E-state index is 0.00482. The predicted octanol–water partition coefficient (Wildman–Crippen LogP) is 6.30. The third-order valence-corrected chi connectivity index (χ3v) is 6.77. The maximum atomic E-state index is 12.6. The first-order valence-electron chi connectivity index (χ1n) is 6.35. The maximum absolute atomic E-state index is 12.6. The van der Waals surface area contributed by atoms with E-state index in [4.69, 9.17) is 4.74 Å².